The summed E-state index contributed by atoms with van der Waals surface area (Å²) >= 11 is 0. The lowest BCUT2D eigenvalue weighted by molar-refractivity contribution is -0.139. The lowest BCUT2D eigenvalue weighted by Gasteiger charge is -2.04. The van der Waals surface area contributed by atoms with Gasteiger partial charge in [0.15, 0.2) is 6.61 Å². The summed E-state index contributed by atoms with van der Waals surface area (Å²) < 4.78 is 12.1. The molecule has 0 saturated heterocycles. The molecule has 0 atom stereocenters. The van der Waals surface area contributed by atoms with E-state index < -0.39 is 18.5 Å². The predicted octanol–water partition coefficient (Wildman–Crippen LogP) is 2.13. The van der Waals surface area contributed by atoms with Crippen molar-refractivity contribution in [3.8, 4) is 5.75 Å². The average molecular weight is 291 g/mol. The van der Waals surface area contributed by atoms with Crippen LogP contribution in [0.2, 0.25) is 0 Å². The number of carbonyl (C=O) groups excluding carboxylic acids is 1. The molecule has 0 fully saturated rings. The highest BCUT2D eigenvalue weighted by Gasteiger charge is 2.20. The van der Waals surface area contributed by atoms with Gasteiger partial charge in [-0.3, -0.25) is 0 Å². The Kier molecular flexibility index (Phi) is 4.16. The number of nitrogens with zero attached hydrogens (tertiary/aromatic N) is 1. The molecule has 21 heavy (non-hydrogen) atoms. The third-order valence-corrected chi connectivity index (χ3v) is 3.31. The fourth-order valence-corrected chi connectivity index (χ4v) is 2.25. The normalized spacial score (nSPS) is 10.6. The van der Waals surface area contributed by atoms with Crippen LogP contribution in [0.5, 0.6) is 5.75 Å². The summed E-state index contributed by atoms with van der Waals surface area (Å²) in [4.78, 5) is 22.7. The number of carboxylic acids is 1. The van der Waals surface area contributed by atoms with Gasteiger partial charge in [0.2, 0.25) is 0 Å². The Hall–Kier alpha value is -2.50. The van der Waals surface area contributed by atoms with E-state index in [1.54, 1.807) is 25.1 Å². The van der Waals surface area contributed by atoms with E-state index in [1.165, 1.54) is 0 Å². The van der Waals surface area contributed by atoms with Crippen LogP contribution in [-0.4, -0.2) is 34.8 Å². The molecule has 0 amide bonds. The monoisotopic (exact) mass is 291 g/mol. The van der Waals surface area contributed by atoms with Gasteiger partial charge >= 0.3 is 11.9 Å². The van der Waals surface area contributed by atoms with Crippen LogP contribution in [0.15, 0.2) is 18.2 Å². The standard InChI is InChI=1S/C15H17NO5/c1-4-20-15(19)14-9(2)16(3)12-6-5-10(7-11(12)14)21-8-13(17)18/h5-7H,4,8H2,1-3H3,(H,17,18). The summed E-state index contributed by atoms with van der Waals surface area (Å²) in [6.45, 7) is 3.46. The molecule has 0 bridgehead atoms. The summed E-state index contributed by atoms with van der Waals surface area (Å²) in [5, 5.41) is 9.34. The Labute approximate surface area is 121 Å². The van der Waals surface area contributed by atoms with Gasteiger partial charge in [-0.25, -0.2) is 9.59 Å². The van der Waals surface area contributed by atoms with E-state index in [2.05, 4.69) is 0 Å². The van der Waals surface area contributed by atoms with Crippen molar-refractivity contribution in [3.63, 3.8) is 0 Å². The molecule has 1 N–H and O–H groups in total. The molecule has 0 unspecified atom stereocenters. The predicted molar refractivity (Wildman–Crippen MR) is 76.7 cm³/mol. The zero-order valence-electron chi connectivity index (χ0n) is 12.2. The highest BCUT2D eigenvalue weighted by atomic mass is 16.5. The first kappa shape index (κ1) is 14.9. The van der Waals surface area contributed by atoms with Crippen molar-refractivity contribution in [2.24, 2.45) is 7.05 Å². The fourth-order valence-electron chi connectivity index (χ4n) is 2.25. The van der Waals surface area contributed by atoms with Gasteiger partial charge < -0.3 is 19.1 Å². The number of aryl methyl sites for hydroxylation is 1. The van der Waals surface area contributed by atoms with E-state index in [9.17, 15) is 9.59 Å². The number of hydrogen-bond donors (Lipinski definition) is 1. The van der Waals surface area contributed by atoms with Crippen molar-refractivity contribution in [2.45, 2.75) is 13.8 Å². The number of rotatable bonds is 5. The van der Waals surface area contributed by atoms with E-state index >= 15 is 0 Å². The number of carbonyl (C=O) groups is 2. The molecule has 6 heteroatoms. The molecule has 0 aliphatic rings. The molecule has 1 aromatic heterocycles. The molecule has 1 aromatic carbocycles. The Balaban J connectivity index is 2.51. The van der Waals surface area contributed by atoms with Gasteiger partial charge in [-0.2, -0.15) is 0 Å². The Morgan fingerprint density at radius 2 is 2.05 bits per heavy atom. The number of esters is 1. The van der Waals surface area contributed by atoms with Gasteiger partial charge in [-0.15, -0.1) is 0 Å². The van der Waals surface area contributed by atoms with Gasteiger partial charge in [-0.05, 0) is 32.0 Å². The number of fused-ring (bicyclic) bond motifs is 1. The molecule has 0 spiro atoms. The maximum absolute atomic E-state index is 12.1. The lowest BCUT2D eigenvalue weighted by Crippen LogP contribution is -2.09. The van der Waals surface area contributed by atoms with Crippen LogP contribution in [-0.2, 0) is 16.6 Å². The zero-order chi connectivity index (χ0) is 15.6. The van der Waals surface area contributed by atoms with Gasteiger partial charge in [0.25, 0.3) is 0 Å². The Morgan fingerprint density at radius 1 is 1.33 bits per heavy atom. The third kappa shape index (κ3) is 2.84. The smallest absolute Gasteiger partial charge is 0.341 e. The number of ether oxygens (including phenoxy) is 2. The van der Waals surface area contributed by atoms with Crippen molar-refractivity contribution in [1.29, 1.82) is 0 Å². The number of benzene rings is 1. The van der Waals surface area contributed by atoms with Crippen LogP contribution in [0.3, 0.4) is 0 Å². The fraction of sp³-hybridized carbons (Fsp3) is 0.333. The molecular formula is C15H17NO5. The minimum atomic E-state index is -1.05. The molecule has 6 nitrogen and oxygen atoms in total. The van der Waals surface area contributed by atoms with E-state index in [4.69, 9.17) is 14.6 Å². The number of aromatic nitrogens is 1. The topological polar surface area (TPSA) is 77.8 Å². The second-order valence-electron chi connectivity index (χ2n) is 4.60. The summed E-state index contributed by atoms with van der Waals surface area (Å²) in [7, 11) is 1.86. The second kappa shape index (κ2) is 5.87. The highest BCUT2D eigenvalue weighted by molar-refractivity contribution is 6.06. The van der Waals surface area contributed by atoms with Gasteiger partial charge in [0.05, 0.1) is 12.2 Å². The first-order chi connectivity index (χ1) is 9.95. The highest BCUT2D eigenvalue weighted by Crippen LogP contribution is 2.29. The molecule has 2 rings (SSSR count). The van der Waals surface area contributed by atoms with Gasteiger partial charge in [-0.1, -0.05) is 0 Å². The third-order valence-electron chi connectivity index (χ3n) is 3.31. The molecular weight excluding hydrogens is 274 g/mol. The van der Waals surface area contributed by atoms with Crippen LogP contribution >= 0.6 is 0 Å². The number of aliphatic carboxylic acids is 1. The Morgan fingerprint density at radius 3 is 2.67 bits per heavy atom. The SMILES string of the molecule is CCOC(=O)c1c(C)n(C)c2ccc(OCC(=O)O)cc12. The minimum absolute atomic E-state index is 0.296. The van der Waals surface area contributed by atoms with E-state index in [0.29, 0.717) is 23.3 Å². The van der Waals surface area contributed by atoms with Crippen LogP contribution in [0.4, 0.5) is 0 Å². The maximum atomic E-state index is 12.1. The van der Waals surface area contributed by atoms with Crippen LogP contribution in [0.1, 0.15) is 23.0 Å². The van der Waals surface area contributed by atoms with Crippen LogP contribution in [0.25, 0.3) is 10.9 Å². The van der Waals surface area contributed by atoms with Crippen molar-refractivity contribution >= 4 is 22.8 Å². The van der Waals surface area contributed by atoms with E-state index in [0.717, 1.165) is 11.2 Å². The number of hydrogen-bond acceptors (Lipinski definition) is 4. The Bertz CT molecular complexity index is 702. The van der Waals surface area contributed by atoms with Crippen molar-refractivity contribution < 1.29 is 24.2 Å². The second-order valence-corrected chi connectivity index (χ2v) is 4.60. The average Bonchev–Trinajstić information content (AvgIpc) is 2.68. The first-order valence-corrected chi connectivity index (χ1v) is 6.56. The van der Waals surface area contributed by atoms with Gasteiger partial charge in [0, 0.05) is 23.6 Å². The number of carboxylic acid groups (broad SMARTS) is 1. The summed E-state index contributed by atoms with van der Waals surface area (Å²) in [5.41, 5.74) is 2.13. The molecule has 112 valence electrons. The largest absolute Gasteiger partial charge is 0.482 e. The minimum Gasteiger partial charge on any atom is -0.482 e. The quantitative estimate of drug-likeness (QED) is 0.854. The summed E-state index contributed by atoms with van der Waals surface area (Å²) in [6, 6.07) is 5.14. The van der Waals surface area contributed by atoms with E-state index in [-0.39, 0.29) is 0 Å². The first-order valence-electron chi connectivity index (χ1n) is 6.56. The molecule has 0 aliphatic heterocycles. The summed E-state index contributed by atoms with van der Waals surface area (Å²) in [6.07, 6.45) is 0. The molecule has 0 saturated carbocycles. The van der Waals surface area contributed by atoms with Crippen molar-refractivity contribution in [3.05, 3.63) is 29.5 Å². The van der Waals surface area contributed by atoms with Crippen molar-refractivity contribution in [2.75, 3.05) is 13.2 Å². The van der Waals surface area contributed by atoms with Gasteiger partial charge in [0.1, 0.15) is 5.75 Å². The summed E-state index contributed by atoms with van der Waals surface area (Å²) in [5.74, 6) is -1.04. The van der Waals surface area contributed by atoms with Crippen LogP contribution in [0, 0.1) is 6.92 Å². The molecule has 1 heterocycles. The van der Waals surface area contributed by atoms with Crippen molar-refractivity contribution in [1.82, 2.24) is 4.57 Å². The molecule has 0 aliphatic carbocycles. The molecule has 0 radical (unpaired) electrons. The lowest BCUT2D eigenvalue weighted by atomic mass is 10.1. The van der Waals surface area contributed by atoms with E-state index in [1.807, 2.05) is 18.5 Å². The maximum Gasteiger partial charge on any atom is 0.341 e. The van der Waals surface area contributed by atoms with Crippen LogP contribution < -0.4 is 4.74 Å². The molecule has 2 aromatic rings. The zero-order valence-corrected chi connectivity index (χ0v) is 12.2.